The molecule has 0 aromatic heterocycles. The van der Waals surface area contributed by atoms with E-state index >= 15 is 0 Å². The Bertz CT molecular complexity index is 425. The summed E-state index contributed by atoms with van der Waals surface area (Å²) < 4.78 is 1.14. The summed E-state index contributed by atoms with van der Waals surface area (Å²) in [4.78, 5) is 1.31. The monoisotopic (exact) mass is 310 g/mol. The lowest BCUT2D eigenvalue weighted by Gasteiger charge is -2.01. The Hall–Kier alpha value is -0.380. The molecule has 0 spiro atoms. The lowest BCUT2D eigenvalue weighted by atomic mass is 10.2. The zero-order valence-corrected chi connectivity index (χ0v) is 11.8. The fourth-order valence-electron chi connectivity index (χ4n) is 1.22. The van der Waals surface area contributed by atoms with Crippen LogP contribution in [0, 0.1) is 0 Å². The second-order valence-corrected chi connectivity index (χ2v) is 6.57. The summed E-state index contributed by atoms with van der Waals surface area (Å²) in [7, 11) is 3.69. The van der Waals surface area contributed by atoms with Crippen LogP contribution in [0.25, 0.3) is 0 Å². The minimum absolute atomic E-state index is 1.03. The number of halogens is 1. The highest BCUT2D eigenvalue weighted by molar-refractivity contribution is 9.10. The van der Waals surface area contributed by atoms with Gasteiger partial charge in [-0.3, -0.25) is 0 Å². The van der Waals surface area contributed by atoms with E-state index in [0.29, 0.717) is 0 Å². The molecule has 0 amide bonds. The van der Waals surface area contributed by atoms with E-state index in [9.17, 15) is 0 Å². The van der Waals surface area contributed by atoms with E-state index in [1.807, 2.05) is 27.7 Å². The molecule has 0 radical (unpaired) electrons. The maximum atomic E-state index is 3.44. The highest BCUT2D eigenvalue weighted by atomic mass is 79.9. The Morgan fingerprint density at radius 2 is 1.56 bits per heavy atom. The summed E-state index contributed by atoms with van der Waals surface area (Å²) in [5.41, 5.74) is 1.36. The molecule has 0 heterocycles. The van der Waals surface area contributed by atoms with Crippen LogP contribution >= 0.6 is 37.5 Å². The van der Waals surface area contributed by atoms with Gasteiger partial charge < -0.3 is 0 Å². The number of hydrogen-bond donors (Lipinski definition) is 0. The minimum Gasteiger partial charge on any atom is -0.0841 e. The van der Waals surface area contributed by atoms with Crippen LogP contribution in [0.2, 0.25) is 0 Å². The third kappa shape index (κ3) is 3.89. The summed E-state index contributed by atoms with van der Waals surface area (Å²) in [5, 5.41) is 0. The van der Waals surface area contributed by atoms with Gasteiger partial charge in [-0.05, 0) is 29.8 Å². The molecule has 0 bridgehead atoms. The van der Waals surface area contributed by atoms with E-state index in [1.165, 1.54) is 10.5 Å². The predicted octanol–water partition coefficient (Wildman–Crippen LogP) is 5.39. The zero-order valence-electron chi connectivity index (χ0n) is 8.60. The largest absolute Gasteiger partial charge is 0.0841 e. The van der Waals surface area contributed by atoms with Gasteiger partial charge in [0.05, 0.1) is 0 Å². The molecule has 2 rings (SSSR count). The lowest BCUT2D eigenvalue weighted by Crippen LogP contribution is -1.77. The van der Waals surface area contributed by atoms with Crippen LogP contribution in [0.3, 0.4) is 0 Å². The fraction of sp³-hybridized carbons (Fsp3) is 0.0769. The highest BCUT2D eigenvalue weighted by Crippen LogP contribution is 2.33. The van der Waals surface area contributed by atoms with Crippen molar-refractivity contribution in [2.45, 2.75) is 10.6 Å². The van der Waals surface area contributed by atoms with Gasteiger partial charge in [-0.1, -0.05) is 67.8 Å². The predicted molar refractivity (Wildman–Crippen MR) is 77.7 cm³/mol. The maximum Gasteiger partial charge on any atom is 0.0292 e. The normalized spacial score (nSPS) is 10.3. The maximum absolute atomic E-state index is 3.44. The van der Waals surface area contributed by atoms with Crippen LogP contribution in [-0.4, -0.2) is 0 Å². The average molecular weight is 311 g/mol. The molecule has 0 N–H and O–H groups in total. The molecule has 0 aliphatic rings. The Morgan fingerprint density at radius 1 is 0.875 bits per heavy atom. The van der Waals surface area contributed by atoms with Gasteiger partial charge in [0, 0.05) is 15.1 Å². The van der Waals surface area contributed by atoms with E-state index in [1.54, 1.807) is 0 Å². The number of rotatable bonds is 4. The first-order valence-corrected chi connectivity index (χ1v) is 8.05. The molecule has 0 saturated heterocycles. The summed E-state index contributed by atoms with van der Waals surface area (Å²) in [6.07, 6.45) is 0. The molecule has 82 valence electrons. The van der Waals surface area contributed by atoms with Gasteiger partial charge in [0.1, 0.15) is 0 Å². The topological polar surface area (TPSA) is 0 Å². The SMILES string of the molecule is Brc1ccc(CSSc2ccccc2)cc1. The van der Waals surface area contributed by atoms with Gasteiger partial charge in [-0.2, -0.15) is 0 Å². The molecular weight excluding hydrogens is 300 g/mol. The summed E-state index contributed by atoms with van der Waals surface area (Å²) >= 11 is 3.44. The molecule has 0 unspecified atom stereocenters. The molecule has 2 aromatic carbocycles. The molecule has 0 atom stereocenters. The van der Waals surface area contributed by atoms with Gasteiger partial charge in [0.15, 0.2) is 0 Å². The van der Waals surface area contributed by atoms with Crippen LogP contribution in [0.4, 0.5) is 0 Å². The second-order valence-electron chi connectivity index (χ2n) is 3.29. The van der Waals surface area contributed by atoms with Crippen molar-refractivity contribution >= 4 is 37.5 Å². The smallest absolute Gasteiger partial charge is 0.0292 e. The standard InChI is InChI=1S/C13H11BrS2/c14-12-8-6-11(7-9-12)10-15-16-13-4-2-1-3-5-13/h1-9H,10H2. The van der Waals surface area contributed by atoms with Crippen LogP contribution in [0.5, 0.6) is 0 Å². The zero-order chi connectivity index (χ0) is 11.2. The molecule has 0 nitrogen and oxygen atoms in total. The Labute approximate surface area is 112 Å². The van der Waals surface area contributed by atoms with Crippen molar-refractivity contribution in [3.63, 3.8) is 0 Å². The summed E-state index contributed by atoms with van der Waals surface area (Å²) in [5.74, 6) is 1.03. The van der Waals surface area contributed by atoms with Gasteiger partial charge in [0.2, 0.25) is 0 Å². The first-order valence-electron chi connectivity index (χ1n) is 4.93. The van der Waals surface area contributed by atoms with Crippen LogP contribution in [0.1, 0.15) is 5.56 Å². The third-order valence-electron chi connectivity index (χ3n) is 2.04. The third-order valence-corrected chi connectivity index (χ3v) is 4.88. The van der Waals surface area contributed by atoms with Crippen molar-refractivity contribution < 1.29 is 0 Å². The average Bonchev–Trinajstić information content (AvgIpc) is 2.33. The minimum atomic E-state index is 1.03. The molecule has 0 aliphatic heterocycles. The molecule has 2 aromatic rings. The molecule has 0 saturated carbocycles. The Morgan fingerprint density at radius 3 is 2.25 bits per heavy atom. The molecular formula is C13H11BrS2. The molecule has 0 aliphatic carbocycles. The molecule has 0 fully saturated rings. The fourth-order valence-corrected chi connectivity index (χ4v) is 3.60. The van der Waals surface area contributed by atoms with E-state index in [2.05, 4.69) is 64.5 Å². The summed E-state index contributed by atoms with van der Waals surface area (Å²) in [6, 6.07) is 18.9. The first-order chi connectivity index (χ1) is 7.84. The van der Waals surface area contributed by atoms with Crippen molar-refractivity contribution in [3.8, 4) is 0 Å². The van der Waals surface area contributed by atoms with Crippen molar-refractivity contribution in [2.24, 2.45) is 0 Å². The Kier molecular flexibility index (Phi) is 4.82. The lowest BCUT2D eigenvalue weighted by molar-refractivity contribution is 1.41. The van der Waals surface area contributed by atoms with Crippen LogP contribution in [-0.2, 0) is 5.75 Å². The van der Waals surface area contributed by atoms with Gasteiger partial charge in [-0.25, -0.2) is 0 Å². The van der Waals surface area contributed by atoms with Crippen LogP contribution < -0.4 is 0 Å². The van der Waals surface area contributed by atoms with Crippen molar-refractivity contribution in [1.29, 1.82) is 0 Å². The number of benzene rings is 2. The number of hydrogen-bond acceptors (Lipinski definition) is 2. The van der Waals surface area contributed by atoms with Crippen molar-refractivity contribution in [2.75, 3.05) is 0 Å². The van der Waals surface area contributed by atoms with Crippen molar-refractivity contribution in [1.82, 2.24) is 0 Å². The van der Waals surface area contributed by atoms with E-state index in [-0.39, 0.29) is 0 Å². The quantitative estimate of drug-likeness (QED) is 0.694. The van der Waals surface area contributed by atoms with Crippen LogP contribution in [0.15, 0.2) is 64.0 Å². The highest BCUT2D eigenvalue weighted by Gasteiger charge is 1.96. The molecule has 3 heteroatoms. The first kappa shape index (κ1) is 12.1. The second kappa shape index (κ2) is 6.38. The summed E-state index contributed by atoms with van der Waals surface area (Å²) in [6.45, 7) is 0. The van der Waals surface area contributed by atoms with Gasteiger partial charge >= 0.3 is 0 Å². The van der Waals surface area contributed by atoms with E-state index in [0.717, 1.165) is 10.2 Å². The van der Waals surface area contributed by atoms with Crippen molar-refractivity contribution in [3.05, 3.63) is 64.6 Å². The van der Waals surface area contributed by atoms with E-state index < -0.39 is 0 Å². The Balaban J connectivity index is 1.82. The van der Waals surface area contributed by atoms with Gasteiger partial charge in [-0.15, -0.1) is 0 Å². The van der Waals surface area contributed by atoms with Gasteiger partial charge in [0.25, 0.3) is 0 Å². The molecule has 16 heavy (non-hydrogen) atoms. The van der Waals surface area contributed by atoms with E-state index in [4.69, 9.17) is 0 Å².